The number of aliphatic hydroxyl groups excluding tert-OH is 2. The van der Waals surface area contributed by atoms with Gasteiger partial charge in [0.05, 0.1) is 6.61 Å². The number of allylic oxidation sites excluding steroid dienone is 2. The van der Waals surface area contributed by atoms with Crippen LogP contribution in [0.25, 0.3) is 0 Å². The van der Waals surface area contributed by atoms with Crippen molar-refractivity contribution in [1.82, 2.24) is 0 Å². The second-order valence-corrected chi connectivity index (χ2v) is 16.3. The Balaban J connectivity index is 1.24. The highest BCUT2D eigenvalue weighted by Crippen LogP contribution is 2.71. The number of epoxide rings is 1. The third-order valence-corrected chi connectivity index (χ3v) is 14.0. The molecule has 222 valence electrons. The highest BCUT2D eigenvalue weighted by Gasteiger charge is 2.67. The topological polar surface area (TPSA) is 96.4 Å². The lowest BCUT2D eigenvalue weighted by molar-refractivity contribution is -0.175. The molecule has 4 saturated carbocycles. The van der Waals surface area contributed by atoms with Crippen LogP contribution in [0.1, 0.15) is 98.8 Å². The molecule has 0 radical (unpaired) electrons. The summed E-state index contributed by atoms with van der Waals surface area (Å²) in [6.07, 6.45) is 9.17. The van der Waals surface area contributed by atoms with Gasteiger partial charge >= 0.3 is 0 Å². The molecule has 2 N–H and O–H groups in total. The van der Waals surface area contributed by atoms with Crippen LogP contribution in [0.2, 0.25) is 0 Å². The summed E-state index contributed by atoms with van der Waals surface area (Å²) < 4.78 is 11.8. The molecule has 0 spiro atoms. The Morgan fingerprint density at radius 3 is 2.50 bits per heavy atom. The van der Waals surface area contributed by atoms with E-state index in [4.69, 9.17) is 9.47 Å². The van der Waals surface area contributed by atoms with E-state index in [0.29, 0.717) is 23.5 Å². The minimum absolute atomic E-state index is 0.0508. The van der Waals surface area contributed by atoms with Gasteiger partial charge in [0.1, 0.15) is 36.3 Å². The van der Waals surface area contributed by atoms with E-state index in [9.17, 15) is 19.8 Å². The van der Waals surface area contributed by atoms with Crippen LogP contribution < -0.4 is 0 Å². The fourth-order valence-electron chi connectivity index (χ4n) is 11.6. The summed E-state index contributed by atoms with van der Waals surface area (Å²) in [7, 11) is 0. The quantitative estimate of drug-likeness (QED) is 0.375. The molecule has 2 saturated heterocycles. The van der Waals surface area contributed by atoms with E-state index in [1.807, 2.05) is 0 Å². The minimum Gasteiger partial charge on any atom is -0.394 e. The van der Waals surface area contributed by atoms with E-state index in [1.165, 1.54) is 5.57 Å². The zero-order valence-corrected chi connectivity index (χ0v) is 25.2. The lowest BCUT2D eigenvalue weighted by Crippen LogP contribution is -2.62. The van der Waals surface area contributed by atoms with Crippen molar-refractivity contribution in [3.8, 4) is 0 Å². The summed E-state index contributed by atoms with van der Waals surface area (Å²) >= 11 is 0. The van der Waals surface area contributed by atoms with Crippen molar-refractivity contribution in [3.05, 3.63) is 11.6 Å². The van der Waals surface area contributed by atoms with Crippen LogP contribution in [0.3, 0.4) is 0 Å². The fourth-order valence-corrected chi connectivity index (χ4v) is 11.6. The average molecular weight is 555 g/mol. The van der Waals surface area contributed by atoms with E-state index in [0.717, 1.165) is 64.2 Å². The van der Waals surface area contributed by atoms with Gasteiger partial charge in [-0.05, 0) is 97.7 Å². The van der Waals surface area contributed by atoms with Crippen molar-refractivity contribution in [1.29, 1.82) is 0 Å². The van der Waals surface area contributed by atoms with E-state index in [-0.39, 0.29) is 46.6 Å². The van der Waals surface area contributed by atoms with Gasteiger partial charge in [-0.2, -0.15) is 0 Å². The molecular formula is C34H50O6. The molecular weight excluding hydrogens is 504 g/mol. The van der Waals surface area contributed by atoms with Gasteiger partial charge in [0.25, 0.3) is 0 Å². The normalized spacial score (nSPS) is 54.6. The first-order valence-electron chi connectivity index (χ1n) is 16.2. The molecule has 6 nitrogen and oxygen atoms in total. The molecule has 7 aliphatic rings. The second-order valence-electron chi connectivity index (χ2n) is 16.3. The van der Waals surface area contributed by atoms with E-state index in [1.54, 1.807) is 0 Å². The molecule has 0 aromatic rings. The lowest BCUT2D eigenvalue weighted by atomic mass is 9.38. The van der Waals surface area contributed by atoms with Gasteiger partial charge in [0, 0.05) is 17.8 Å². The number of ether oxygens (including phenoxy) is 2. The molecule has 40 heavy (non-hydrogen) atoms. The molecule has 13 atom stereocenters. The molecule has 2 heterocycles. The zero-order valence-electron chi connectivity index (χ0n) is 25.2. The van der Waals surface area contributed by atoms with Gasteiger partial charge in [-0.25, -0.2) is 0 Å². The number of rotatable bonds is 3. The van der Waals surface area contributed by atoms with Crippen molar-refractivity contribution < 1.29 is 29.3 Å². The van der Waals surface area contributed by atoms with Gasteiger partial charge in [-0.1, -0.05) is 46.3 Å². The second kappa shape index (κ2) is 8.97. The summed E-state index contributed by atoms with van der Waals surface area (Å²) in [5, 5.41) is 21.0. The van der Waals surface area contributed by atoms with E-state index >= 15 is 0 Å². The molecule has 0 bridgehead atoms. The monoisotopic (exact) mass is 554 g/mol. The molecule has 5 aliphatic carbocycles. The van der Waals surface area contributed by atoms with Crippen LogP contribution in [0.4, 0.5) is 0 Å². The first-order valence-corrected chi connectivity index (χ1v) is 16.2. The van der Waals surface area contributed by atoms with Crippen LogP contribution >= 0.6 is 0 Å². The molecule has 0 aromatic carbocycles. The van der Waals surface area contributed by atoms with E-state index < -0.39 is 29.8 Å². The summed E-state index contributed by atoms with van der Waals surface area (Å²) in [5.74, 6) is 2.37. The number of aliphatic hydroxyl groups is 2. The average Bonchev–Trinajstić information content (AvgIpc) is 3.72. The first kappa shape index (κ1) is 27.7. The molecule has 6 fully saturated rings. The summed E-state index contributed by atoms with van der Waals surface area (Å²) in [5.41, 5.74) is 1.52. The number of Topliss-reactive ketones (excluding diaryl/α,β-unsaturated/α-hetero) is 2. The van der Waals surface area contributed by atoms with Gasteiger partial charge in [-0.15, -0.1) is 0 Å². The molecule has 0 aromatic heterocycles. The maximum atomic E-state index is 14.6. The largest absolute Gasteiger partial charge is 0.394 e. The Morgan fingerprint density at radius 1 is 0.975 bits per heavy atom. The zero-order chi connectivity index (χ0) is 28.4. The first-order chi connectivity index (χ1) is 18.9. The van der Waals surface area contributed by atoms with Crippen molar-refractivity contribution >= 4 is 11.6 Å². The van der Waals surface area contributed by atoms with Crippen LogP contribution in [0, 0.1) is 51.2 Å². The standard InChI is InChI=1S/C34H50O6/c1-18-20-8-11-33(5)21-9-13-34(30(38)29-26(37)28-27(40-28)24(17-35)39-29)15-14-31(2,3)16-22(34)19(21)6-7-25(33)32(20,4)12-10-23(18)36/h6,18,20-22,24-29,35,37H,7-17H2,1-5H3. The Labute approximate surface area is 239 Å². The maximum Gasteiger partial charge on any atom is 0.171 e. The molecule has 6 heteroatoms. The van der Waals surface area contributed by atoms with Crippen molar-refractivity contribution in [2.24, 2.45) is 51.2 Å². The highest BCUT2D eigenvalue weighted by molar-refractivity contribution is 5.91. The smallest absolute Gasteiger partial charge is 0.171 e. The predicted molar refractivity (Wildman–Crippen MR) is 150 cm³/mol. The van der Waals surface area contributed by atoms with Crippen LogP contribution in [0.15, 0.2) is 11.6 Å². The van der Waals surface area contributed by atoms with Crippen LogP contribution in [0.5, 0.6) is 0 Å². The predicted octanol–water partition coefficient (Wildman–Crippen LogP) is 5.03. The Morgan fingerprint density at radius 2 is 1.75 bits per heavy atom. The number of carbonyl (C=O) groups is 2. The van der Waals surface area contributed by atoms with Crippen molar-refractivity contribution in [2.45, 2.75) is 129 Å². The van der Waals surface area contributed by atoms with E-state index in [2.05, 4.69) is 40.7 Å². The molecule has 0 amide bonds. The fraction of sp³-hybridized carbons (Fsp3) is 0.882. The highest BCUT2D eigenvalue weighted by atomic mass is 16.7. The molecule has 2 aliphatic heterocycles. The van der Waals surface area contributed by atoms with Crippen LogP contribution in [-0.4, -0.2) is 58.9 Å². The SMILES string of the molecule is CC1C(=O)CCC2(C)C1CCC1(C)C3CCC4(C(=O)C5OC(CO)C6OC6C5O)CCC(C)(C)CC4C3=CCC12. The number of fused-ring (bicyclic) bond motifs is 8. The number of ketones is 2. The lowest BCUT2D eigenvalue weighted by Gasteiger charge is -2.66. The maximum absolute atomic E-state index is 14.6. The van der Waals surface area contributed by atoms with Gasteiger partial charge in [0.15, 0.2) is 5.78 Å². The van der Waals surface area contributed by atoms with Gasteiger partial charge in [0.2, 0.25) is 0 Å². The van der Waals surface area contributed by atoms with Gasteiger partial charge in [-0.3, -0.25) is 9.59 Å². The van der Waals surface area contributed by atoms with Crippen molar-refractivity contribution in [3.63, 3.8) is 0 Å². The Kier molecular flexibility index (Phi) is 6.22. The van der Waals surface area contributed by atoms with Crippen LogP contribution in [-0.2, 0) is 19.1 Å². The summed E-state index contributed by atoms with van der Waals surface area (Å²) in [6.45, 7) is 11.7. The number of hydrogen-bond acceptors (Lipinski definition) is 6. The minimum atomic E-state index is -0.962. The summed E-state index contributed by atoms with van der Waals surface area (Å²) in [6, 6.07) is 0. The summed E-state index contributed by atoms with van der Waals surface area (Å²) in [4.78, 5) is 27.3. The van der Waals surface area contributed by atoms with Gasteiger partial charge < -0.3 is 19.7 Å². The molecule has 13 unspecified atom stereocenters. The number of carbonyl (C=O) groups excluding carboxylic acids is 2. The van der Waals surface area contributed by atoms with Crippen molar-refractivity contribution in [2.75, 3.05) is 6.61 Å². The third-order valence-electron chi connectivity index (χ3n) is 14.0. The number of hydrogen-bond donors (Lipinski definition) is 2. The third kappa shape index (κ3) is 3.67. The molecule has 7 rings (SSSR count). The Bertz CT molecular complexity index is 1130. The Hall–Kier alpha value is -1.08.